The lowest BCUT2D eigenvalue weighted by atomic mass is 10.2. The summed E-state index contributed by atoms with van der Waals surface area (Å²) < 4.78 is 17.7. The summed E-state index contributed by atoms with van der Waals surface area (Å²) in [6.07, 6.45) is -0.152. The van der Waals surface area contributed by atoms with Gasteiger partial charge in [-0.3, -0.25) is 4.79 Å². The van der Waals surface area contributed by atoms with Gasteiger partial charge in [-0.05, 0) is 24.3 Å². The lowest BCUT2D eigenvalue weighted by Gasteiger charge is -2.10. The molecule has 0 amide bonds. The molecule has 90 valence electrons. The van der Waals surface area contributed by atoms with Crippen LogP contribution >= 0.6 is 12.4 Å². The fourth-order valence-electron chi connectivity index (χ4n) is 1.02. The van der Waals surface area contributed by atoms with Crippen molar-refractivity contribution in [2.45, 2.75) is 12.5 Å². The zero-order valence-corrected chi connectivity index (χ0v) is 9.24. The molecule has 0 bridgehead atoms. The van der Waals surface area contributed by atoms with Gasteiger partial charge in [0.2, 0.25) is 0 Å². The first-order valence-corrected chi connectivity index (χ1v) is 4.43. The number of carboxylic acids is 1. The number of carbonyl (C=O) groups is 1. The summed E-state index contributed by atoms with van der Waals surface area (Å²) >= 11 is 0. The Bertz CT molecular complexity index is 331. The third kappa shape index (κ3) is 5.53. The van der Waals surface area contributed by atoms with E-state index in [1.165, 1.54) is 24.3 Å². The number of nitrogens with two attached hydrogens (primary N) is 1. The molecule has 1 aromatic rings. The number of hydrogen-bond acceptors (Lipinski definition) is 3. The van der Waals surface area contributed by atoms with Crippen molar-refractivity contribution < 1.29 is 19.0 Å². The molecule has 0 aliphatic carbocycles. The Morgan fingerprint density at radius 3 is 2.50 bits per heavy atom. The van der Waals surface area contributed by atoms with Gasteiger partial charge in [-0.2, -0.15) is 0 Å². The Labute approximate surface area is 98.6 Å². The minimum absolute atomic E-state index is 0. The second kappa shape index (κ2) is 7.03. The topological polar surface area (TPSA) is 72.5 Å². The lowest BCUT2D eigenvalue weighted by Crippen LogP contribution is -2.30. The summed E-state index contributed by atoms with van der Waals surface area (Å²) in [6.45, 7) is 0.0952. The molecule has 0 saturated heterocycles. The van der Waals surface area contributed by atoms with Crippen LogP contribution in [0.3, 0.4) is 0 Å². The molecule has 3 N–H and O–H groups in total. The summed E-state index contributed by atoms with van der Waals surface area (Å²) in [5.41, 5.74) is 5.47. The second-order valence-corrected chi connectivity index (χ2v) is 3.12. The molecule has 4 nitrogen and oxygen atoms in total. The zero-order chi connectivity index (χ0) is 11.3. The highest BCUT2D eigenvalue weighted by Crippen LogP contribution is 2.11. The highest BCUT2D eigenvalue weighted by molar-refractivity contribution is 5.85. The van der Waals surface area contributed by atoms with Crippen molar-refractivity contribution in [2.24, 2.45) is 5.73 Å². The Morgan fingerprint density at radius 1 is 1.44 bits per heavy atom. The number of hydrogen-bond donors (Lipinski definition) is 2. The first kappa shape index (κ1) is 14.7. The maximum Gasteiger partial charge on any atom is 0.305 e. The Hall–Kier alpha value is -1.33. The van der Waals surface area contributed by atoms with Gasteiger partial charge in [0.25, 0.3) is 0 Å². The van der Waals surface area contributed by atoms with Crippen molar-refractivity contribution in [3.8, 4) is 5.75 Å². The maximum atomic E-state index is 12.5. The summed E-state index contributed by atoms with van der Waals surface area (Å²) in [5, 5.41) is 8.43. The van der Waals surface area contributed by atoms with Gasteiger partial charge in [0.15, 0.2) is 0 Å². The van der Waals surface area contributed by atoms with Crippen LogP contribution in [0, 0.1) is 5.82 Å². The molecule has 1 rings (SSSR count). The van der Waals surface area contributed by atoms with Crippen molar-refractivity contribution in [1.29, 1.82) is 0 Å². The van der Waals surface area contributed by atoms with Gasteiger partial charge < -0.3 is 15.6 Å². The lowest BCUT2D eigenvalue weighted by molar-refractivity contribution is -0.137. The molecule has 1 aromatic carbocycles. The van der Waals surface area contributed by atoms with Gasteiger partial charge in [0.05, 0.1) is 6.42 Å². The number of halogens is 2. The third-order valence-electron chi connectivity index (χ3n) is 1.71. The van der Waals surface area contributed by atoms with Crippen LogP contribution in [0.1, 0.15) is 6.42 Å². The molecule has 1 atom stereocenters. The summed E-state index contributed by atoms with van der Waals surface area (Å²) in [6, 6.07) is 4.88. The fourth-order valence-corrected chi connectivity index (χ4v) is 1.02. The van der Waals surface area contributed by atoms with Crippen molar-refractivity contribution >= 4 is 18.4 Å². The van der Waals surface area contributed by atoms with Crippen LogP contribution in [0.25, 0.3) is 0 Å². The van der Waals surface area contributed by atoms with E-state index in [4.69, 9.17) is 15.6 Å². The molecule has 1 unspecified atom stereocenters. The molecule has 0 radical (unpaired) electrons. The van der Waals surface area contributed by atoms with Crippen LogP contribution in [-0.2, 0) is 4.79 Å². The largest absolute Gasteiger partial charge is 0.492 e. The molecule has 0 aromatic heterocycles. The third-order valence-corrected chi connectivity index (χ3v) is 1.71. The summed E-state index contributed by atoms with van der Waals surface area (Å²) in [5.74, 6) is -0.848. The molecule has 16 heavy (non-hydrogen) atoms. The SMILES string of the molecule is Cl.NC(COc1ccc(F)cc1)CC(=O)O. The van der Waals surface area contributed by atoms with E-state index >= 15 is 0 Å². The minimum Gasteiger partial charge on any atom is -0.492 e. The summed E-state index contributed by atoms with van der Waals surface area (Å²) in [7, 11) is 0. The van der Waals surface area contributed by atoms with Crippen LogP contribution in [0.15, 0.2) is 24.3 Å². The first-order chi connectivity index (χ1) is 7.08. The van der Waals surface area contributed by atoms with Gasteiger partial charge in [-0.15, -0.1) is 12.4 Å². The second-order valence-electron chi connectivity index (χ2n) is 3.12. The first-order valence-electron chi connectivity index (χ1n) is 4.43. The standard InChI is InChI=1S/C10H12FNO3.ClH/c11-7-1-3-9(4-2-7)15-6-8(12)5-10(13)14;/h1-4,8H,5-6,12H2,(H,13,14);1H. The molecule has 0 heterocycles. The Balaban J connectivity index is 0.00000225. The molecule has 0 saturated carbocycles. The fraction of sp³-hybridized carbons (Fsp3) is 0.300. The van der Waals surface area contributed by atoms with Crippen molar-refractivity contribution in [2.75, 3.05) is 6.61 Å². The van der Waals surface area contributed by atoms with Gasteiger partial charge in [0.1, 0.15) is 18.2 Å². The van der Waals surface area contributed by atoms with Crippen LogP contribution in [0.4, 0.5) is 4.39 Å². The normalized spacial score (nSPS) is 11.4. The van der Waals surface area contributed by atoms with Gasteiger partial charge >= 0.3 is 5.97 Å². The van der Waals surface area contributed by atoms with Crippen molar-refractivity contribution in [3.63, 3.8) is 0 Å². The predicted molar refractivity (Wildman–Crippen MR) is 59.4 cm³/mol. The zero-order valence-electron chi connectivity index (χ0n) is 8.43. The summed E-state index contributed by atoms with van der Waals surface area (Å²) in [4.78, 5) is 10.3. The monoisotopic (exact) mass is 249 g/mol. The van der Waals surface area contributed by atoms with E-state index in [1.807, 2.05) is 0 Å². The van der Waals surface area contributed by atoms with Crippen LogP contribution in [0.2, 0.25) is 0 Å². The number of benzene rings is 1. The van der Waals surface area contributed by atoms with Gasteiger partial charge in [0, 0.05) is 6.04 Å². The highest BCUT2D eigenvalue weighted by atomic mass is 35.5. The highest BCUT2D eigenvalue weighted by Gasteiger charge is 2.08. The predicted octanol–water partition coefficient (Wildman–Crippen LogP) is 1.43. The average molecular weight is 250 g/mol. The van der Waals surface area contributed by atoms with Crippen LogP contribution < -0.4 is 10.5 Å². The van der Waals surface area contributed by atoms with Crippen LogP contribution in [0.5, 0.6) is 5.75 Å². The smallest absolute Gasteiger partial charge is 0.305 e. The molecule has 0 aliphatic heterocycles. The average Bonchev–Trinajstić information content (AvgIpc) is 2.16. The van der Waals surface area contributed by atoms with Crippen LogP contribution in [-0.4, -0.2) is 23.7 Å². The Morgan fingerprint density at radius 2 is 2.00 bits per heavy atom. The van der Waals surface area contributed by atoms with E-state index in [2.05, 4.69) is 0 Å². The van der Waals surface area contributed by atoms with E-state index < -0.39 is 12.0 Å². The maximum absolute atomic E-state index is 12.5. The molecular formula is C10H13ClFNO3. The van der Waals surface area contributed by atoms with E-state index in [9.17, 15) is 9.18 Å². The van der Waals surface area contributed by atoms with Gasteiger partial charge in [-0.25, -0.2) is 4.39 Å². The number of aliphatic carboxylic acids is 1. The van der Waals surface area contributed by atoms with Crippen molar-refractivity contribution in [3.05, 3.63) is 30.1 Å². The molecular weight excluding hydrogens is 237 g/mol. The molecule has 0 aliphatic rings. The Kier molecular flexibility index (Phi) is 6.44. The number of ether oxygens (including phenoxy) is 1. The molecule has 0 spiro atoms. The van der Waals surface area contributed by atoms with Crippen molar-refractivity contribution in [1.82, 2.24) is 0 Å². The van der Waals surface area contributed by atoms with E-state index in [-0.39, 0.29) is 31.3 Å². The van der Waals surface area contributed by atoms with E-state index in [0.717, 1.165) is 0 Å². The van der Waals surface area contributed by atoms with E-state index in [0.29, 0.717) is 5.75 Å². The quantitative estimate of drug-likeness (QED) is 0.828. The number of carboxylic acid groups (broad SMARTS) is 1. The molecule has 6 heteroatoms. The van der Waals surface area contributed by atoms with Gasteiger partial charge in [-0.1, -0.05) is 0 Å². The van der Waals surface area contributed by atoms with E-state index in [1.54, 1.807) is 0 Å². The minimum atomic E-state index is -0.967. The molecule has 0 fully saturated rings. The number of rotatable bonds is 5.